The van der Waals surface area contributed by atoms with Gasteiger partial charge in [0.25, 0.3) is 0 Å². The highest BCUT2D eigenvalue weighted by Crippen LogP contribution is 2.37. The molecule has 2 aromatic rings. The first kappa shape index (κ1) is 15.9. The van der Waals surface area contributed by atoms with Crippen molar-refractivity contribution in [2.75, 3.05) is 0 Å². The molecule has 0 saturated carbocycles. The largest absolute Gasteiger partial charge is 0.417 e. The molecule has 2 N–H and O–H groups in total. The number of halogens is 4. The Morgan fingerprint density at radius 1 is 1.24 bits per heavy atom. The van der Waals surface area contributed by atoms with Crippen molar-refractivity contribution >= 4 is 15.9 Å². The van der Waals surface area contributed by atoms with E-state index in [0.29, 0.717) is 10.9 Å². The minimum atomic E-state index is -4.47. The lowest BCUT2D eigenvalue weighted by Gasteiger charge is -2.12. The monoisotopic (exact) mass is 359 g/mol. The van der Waals surface area contributed by atoms with Crippen molar-refractivity contribution in [1.29, 1.82) is 0 Å². The van der Waals surface area contributed by atoms with Crippen molar-refractivity contribution < 1.29 is 13.2 Å². The second-order valence-corrected chi connectivity index (χ2v) is 5.70. The first-order valence-electron chi connectivity index (χ1n) is 6.21. The van der Waals surface area contributed by atoms with E-state index >= 15 is 0 Å². The average molecular weight is 360 g/mol. The van der Waals surface area contributed by atoms with Crippen LogP contribution in [0.15, 0.2) is 35.1 Å². The molecule has 0 saturated heterocycles. The zero-order valence-corrected chi connectivity index (χ0v) is 12.7. The summed E-state index contributed by atoms with van der Waals surface area (Å²) in [7, 11) is 0. The number of aromatic nitrogens is 2. The quantitative estimate of drug-likeness (QED) is 0.906. The van der Waals surface area contributed by atoms with Gasteiger partial charge in [0.15, 0.2) is 5.82 Å². The topological polar surface area (TPSA) is 51.8 Å². The molecule has 0 aliphatic heterocycles. The SMILES string of the molecule is CC(N)Cc1cnc(-c2ccc(Br)cc2C(F)(F)F)nc1. The molecule has 7 heteroatoms. The van der Waals surface area contributed by atoms with E-state index in [1.54, 1.807) is 0 Å². The Kier molecular flexibility index (Phi) is 4.63. The number of nitrogens with two attached hydrogens (primary N) is 1. The van der Waals surface area contributed by atoms with Gasteiger partial charge in [0.2, 0.25) is 0 Å². The molecule has 0 aliphatic rings. The summed E-state index contributed by atoms with van der Waals surface area (Å²) in [4.78, 5) is 8.05. The van der Waals surface area contributed by atoms with Gasteiger partial charge in [-0.1, -0.05) is 15.9 Å². The van der Waals surface area contributed by atoms with Crippen LogP contribution in [0, 0.1) is 0 Å². The smallest absolute Gasteiger partial charge is 0.328 e. The van der Waals surface area contributed by atoms with E-state index in [-0.39, 0.29) is 17.4 Å². The maximum absolute atomic E-state index is 13.1. The highest BCUT2D eigenvalue weighted by molar-refractivity contribution is 9.10. The standard InChI is InChI=1S/C14H13BrF3N3/c1-8(19)4-9-6-20-13(21-7-9)11-3-2-10(15)5-12(11)14(16,17)18/h2-3,5-8H,4,19H2,1H3. The fourth-order valence-corrected chi connectivity index (χ4v) is 2.28. The summed E-state index contributed by atoms with van der Waals surface area (Å²) >= 11 is 3.05. The van der Waals surface area contributed by atoms with Crippen molar-refractivity contribution in [3.63, 3.8) is 0 Å². The summed E-state index contributed by atoms with van der Waals surface area (Å²) in [6, 6.07) is 3.85. The van der Waals surface area contributed by atoms with Gasteiger partial charge in [-0.05, 0) is 37.1 Å². The van der Waals surface area contributed by atoms with Crippen molar-refractivity contribution in [1.82, 2.24) is 9.97 Å². The summed E-state index contributed by atoms with van der Waals surface area (Å²) in [5.41, 5.74) is 5.64. The van der Waals surface area contributed by atoms with Crippen molar-refractivity contribution in [2.45, 2.75) is 25.6 Å². The van der Waals surface area contributed by atoms with Crippen molar-refractivity contribution in [3.05, 3.63) is 46.2 Å². The zero-order chi connectivity index (χ0) is 15.6. The fourth-order valence-electron chi connectivity index (χ4n) is 1.92. The minimum Gasteiger partial charge on any atom is -0.328 e. The maximum Gasteiger partial charge on any atom is 0.417 e. The Morgan fingerprint density at radius 2 is 1.86 bits per heavy atom. The molecule has 112 valence electrons. The van der Waals surface area contributed by atoms with Crippen molar-refractivity contribution in [3.8, 4) is 11.4 Å². The summed E-state index contributed by atoms with van der Waals surface area (Å²) in [6.45, 7) is 1.84. The van der Waals surface area contributed by atoms with Crippen LogP contribution in [0.2, 0.25) is 0 Å². The van der Waals surface area contributed by atoms with E-state index in [1.165, 1.54) is 24.5 Å². The Morgan fingerprint density at radius 3 is 2.38 bits per heavy atom. The second-order valence-electron chi connectivity index (χ2n) is 4.78. The number of hydrogen-bond acceptors (Lipinski definition) is 3. The van der Waals surface area contributed by atoms with Crippen LogP contribution in [0.5, 0.6) is 0 Å². The van der Waals surface area contributed by atoms with Gasteiger partial charge in [-0.3, -0.25) is 0 Å². The van der Waals surface area contributed by atoms with E-state index in [0.717, 1.165) is 11.6 Å². The Labute approximate surface area is 128 Å². The fraction of sp³-hybridized carbons (Fsp3) is 0.286. The molecule has 0 aliphatic carbocycles. The van der Waals surface area contributed by atoms with Gasteiger partial charge in [0.1, 0.15) is 0 Å². The lowest BCUT2D eigenvalue weighted by atomic mass is 10.1. The third-order valence-corrected chi connectivity index (χ3v) is 3.28. The van der Waals surface area contributed by atoms with Crippen LogP contribution < -0.4 is 5.73 Å². The molecular formula is C14H13BrF3N3. The Bertz CT molecular complexity index is 624. The van der Waals surface area contributed by atoms with E-state index in [9.17, 15) is 13.2 Å². The predicted octanol–water partition coefficient (Wildman–Crippen LogP) is 3.81. The average Bonchev–Trinajstić information content (AvgIpc) is 2.38. The summed E-state index contributed by atoms with van der Waals surface area (Å²) < 4.78 is 39.6. The summed E-state index contributed by atoms with van der Waals surface area (Å²) in [5.74, 6) is 0.0447. The van der Waals surface area contributed by atoms with Crippen LogP contribution in [-0.4, -0.2) is 16.0 Å². The predicted molar refractivity (Wildman–Crippen MR) is 77.5 cm³/mol. The van der Waals surface area contributed by atoms with Crippen LogP contribution in [0.3, 0.4) is 0 Å². The molecule has 1 unspecified atom stereocenters. The van der Waals surface area contributed by atoms with Gasteiger partial charge in [0, 0.05) is 28.5 Å². The van der Waals surface area contributed by atoms with Crippen LogP contribution >= 0.6 is 15.9 Å². The minimum absolute atomic E-state index is 0.0435. The first-order valence-corrected chi connectivity index (χ1v) is 7.00. The van der Waals surface area contributed by atoms with Crippen LogP contribution in [0.1, 0.15) is 18.1 Å². The van der Waals surface area contributed by atoms with Crippen LogP contribution in [0.25, 0.3) is 11.4 Å². The molecule has 0 fully saturated rings. The molecule has 3 nitrogen and oxygen atoms in total. The van der Waals surface area contributed by atoms with Gasteiger partial charge in [-0.25, -0.2) is 9.97 Å². The zero-order valence-electron chi connectivity index (χ0n) is 11.2. The summed E-state index contributed by atoms with van der Waals surface area (Å²) in [5, 5.41) is 0. The van der Waals surface area contributed by atoms with Crippen LogP contribution in [-0.2, 0) is 12.6 Å². The van der Waals surface area contributed by atoms with E-state index in [4.69, 9.17) is 5.73 Å². The van der Waals surface area contributed by atoms with Crippen LogP contribution in [0.4, 0.5) is 13.2 Å². The maximum atomic E-state index is 13.1. The molecule has 2 rings (SSSR count). The third kappa shape index (κ3) is 4.01. The molecule has 21 heavy (non-hydrogen) atoms. The van der Waals surface area contributed by atoms with E-state index in [2.05, 4.69) is 25.9 Å². The number of benzene rings is 1. The molecule has 0 radical (unpaired) electrons. The summed E-state index contributed by atoms with van der Waals surface area (Å²) in [6.07, 6.45) is -0.874. The van der Waals surface area contributed by atoms with Gasteiger partial charge in [-0.2, -0.15) is 13.2 Å². The van der Waals surface area contributed by atoms with Gasteiger partial charge in [0.05, 0.1) is 5.56 Å². The molecular weight excluding hydrogens is 347 g/mol. The first-order chi connectivity index (χ1) is 9.77. The number of alkyl halides is 3. The molecule has 1 atom stereocenters. The number of nitrogens with zero attached hydrogens (tertiary/aromatic N) is 2. The molecule has 1 aromatic heterocycles. The highest BCUT2D eigenvalue weighted by Gasteiger charge is 2.34. The molecule has 0 spiro atoms. The number of rotatable bonds is 3. The number of hydrogen-bond donors (Lipinski definition) is 1. The molecule has 1 aromatic carbocycles. The normalized spacial score (nSPS) is 13.2. The van der Waals surface area contributed by atoms with E-state index < -0.39 is 11.7 Å². The second kappa shape index (κ2) is 6.11. The van der Waals surface area contributed by atoms with Gasteiger partial charge < -0.3 is 5.73 Å². The molecule has 0 bridgehead atoms. The molecule has 0 amide bonds. The van der Waals surface area contributed by atoms with Gasteiger partial charge >= 0.3 is 6.18 Å². The lowest BCUT2D eigenvalue weighted by molar-refractivity contribution is -0.137. The molecule has 1 heterocycles. The van der Waals surface area contributed by atoms with E-state index in [1.807, 2.05) is 6.92 Å². The van der Waals surface area contributed by atoms with Crippen molar-refractivity contribution in [2.24, 2.45) is 5.73 Å². The Balaban J connectivity index is 2.42. The van der Waals surface area contributed by atoms with Gasteiger partial charge in [-0.15, -0.1) is 0 Å². The lowest BCUT2D eigenvalue weighted by Crippen LogP contribution is -2.18. The Hall–Kier alpha value is -1.47. The third-order valence-electron chi connectivity index (χ3n) is 2.79. The highest BCUT2D eigenvalue weighted by atomic mass is 79.9.